The zero-order chi connectivity index (χ0) is 41.0. The van der Waals surface area contributed by atoms with Crippen LogP contribution in [0.5, 0.6) is 5.75 Å². The number of hydrogen-bond donors (Lipinski definition) is 1. The average Bonchev–Trinajstić information content (AvgIpc) is 3.18. The molecule has 0 atom stereocenters. The Morgan fingerprint density at radius 2 is 0.964 bits per heavy atom. The Hall–Kier alpha value is -6.93. The van der Waals surface area contributed by atoms with Crippen LogP contribution in [0, 0.1) is 0 Å². The molecule has 1 heterocycles. The van der Waals surface area contributed by atoms with E-state index in [0.29, 0.717) is 5.75 Å². The van der Waals surface area contributed by atoms with Gasteiger partial charge < -0.3 is 33.5 Å². The van der Waals surface area contributed by atoms with Crippen molar-refractivity contribution in [1.82, 2.24) is 15.0 Å². The van der Waals surface area contributed by atoms with Gasteiger partial charge in [0, 0.05) is 35.9 Å². The largest absolute Gasteiger partial charge is 0.491 e. The van der Waals surface area contributed by atoms with Crippen molar-refractivity contribution in [3.63, 3.8) is 0 Å². The summed E-state index contributed by atoms with van der Waals surface area (Å²) in [6.45, 7) is 15.9. The summed E-state index contributed by atoms with van der Waals surface area (Å²) in [7, 11) is 0. The fraction of sp³-hybridized carbons (Fsp3) is 0.286. The number of anilines is 3. The average molecular weight is 769 g/mol. The van der Waals surface area contributed by atoms with Gasteiger partial charge in [0.05, 0.1) is 0 Å². The Morgan fingerprint density at radius 3 is 1.33 bits per heavy atom. The van der Waals surface area contributed by atoms with E-state index in [1.54, 1.807) is 0 Å². The number of hydrogen-bond acceptors (Lipinski definition) is 20. The van der Waals surface area contributed by atoms with E-state index in [-0.39, 0.29) is 30.7 Å². The molecule has 1 aromatic heterocycles. The second-order valence-corrected chi connectivity index (χ2v) is 10.8. The summed E-state index contributed by atoms with van der Waals surface area (Å²) in [5, 5.41) is 10.9. The second kappa shape index (κ2) is 22.2. The van der Waals surface area contributed by atoms with Crippen LogP contribution in [-0.4, -0.2) is 108 Å². The van der Waals surface area contributed by atoms with Crippen LogP contribution in [0.4, 0.5) is 17.8 Å². The molecule has 0 fully saturated rings. The quantitative estimate of drug-likeness (QED) is 0.0288. The van der Waals surface area contributed by atoms with Crippen molar-refractivity contribution in [3.8, 4) is 5.75 Å². The number of nitrogens with zero attached hydrogens (tertiary/aromatic N) is 6. The normalized spacial score (nSPS) is 10.4. The van der Waals surface area contributed by atoms with Gasteiger partial charge in [0.1, 0.15) is 24.6 Å². The van der Waals surface area contributed by atoms with E-state index in [2.05, 4.69) is 47.8 Å². The minimum atomic E-state index is -1.57. The number of ether oxygens (including phenoxy) is 6. The maximum atomic E-state index is 12.3. The monoisotopic (exact) mass is 768 g/mol. The van der Waals surface area contributed by atoms with Crippen molar-refractivity contribution >= 4 is 53.5 Å². The van der Waals surface area contributed by atoms with Crippen LogP contribution >= 0.6 is 0 Å². The molecule has 0 bridgehead atoms. The third-order valence-corrected chi connectivity index (χ3v) is 6.27. The van der Waals surface area contributed by atoms with Gasteiger partial charge in [0.15, 0.2) is 39.4 Å². The van der Waals surface area contributed by atoms with E-state index in [0.717, 1.165) is 45.2 Å². The lowest BCUT2D eigenvalue weighted by molar-refractivity contribution is -0.141. The molecular weight excluding hydrogens is 728 g/mol. The number of hydroxylamine groups is 1. The zero-order valence-corrected chi connectivity index (χ0v) is 30.1. The van der Waals surface area contributed by atoms with Crippen molar-refractivity contribution in [2.75, 3.05) is 61.7 Å². The number of aromatic nitrogens is 3. The smallest absolute Gasteiger partial charge is 0.331 e. The molecule has 2 rings (SSSR count). The lowest BCUT2D eigenvalue weighted by Gasteiger charge is -2.27. The van der Waals surface area contributed by atoms with E-state index < -0.39 is 80.8 Å². The molecule has 2 aromatic rings. The van der Waals surface area contributed by atoms with Crippen LogP contribution in [0.1, 0.15) is 24.2 Å². The van der Waals surface area contributed by atoms with E-state index in [4.69, 9.17) is 33.3 Å². The lowest BCUT2D eigenvalue weighted by atomic mass is 9.97. The van der Waals surface area contributed by atoms with Crippen molar-refractivity contribution in [3.05, 3.63) is 93.1 Å². The van der Waals surface area contributed by atoms with Crippen LogP contribution in [0.25, 0.3) is 0 Å². The first-order valence-corrected chi connectivity index (χ1v) is 15.8. The van der Waals surface area contributed by atoms with Gasteiger partial charge >= 0.3 is 29.8 Å². The summed E-state index contributed by atoms with van der Waals surface area (Å²) in [5.41, 5.74) is -1.32. The van der Waals surface area contributed by atoms with Crippen molar-refractivity contribution in [2.24, 2.45) is 0 Å². The van der Waals surface area contributed by atoms with Gasteiger partial charge in [-0.3, -0.25) is 19.4 Å². The molecule has 0 aliphatic carbocycles. The third kappa shape index (κ3) is 15.3. The Balaban J connectivity index is 2.59. The van der Waals surface area contributed by atoms with Gasteiger partial charge in [-0.2, -0.15) is 20.0 Å². The Kier molecular flexibility index (Phi) is 17.9. The topological polar surface area (TPSA) is 236 Å². The summed E-state index contributed by atoms with van der Waals surface area (Å²) in [6, 6.07) is 5.96. The first-order valence-electron chi connectivity index (χ1n) is 15.8. The molecule has 0 aliphatic rings. The Labute approximate surface area is 315 Å². The molecule has 55 heavy (non-hydrogen) atoms. The molecule has 0 radical (unpaired) electrons. The molecule has 294 valence electrons. The number of benzene rings is 1. The number of ketones is 1. The summed E-state index contributed by atoms with van der Waals surface area (Å²) < 4.78 is 31.3. The SMILES string of the molecule is C=CC(=O)OCN(COC(=O)C=C)c1nc(N(COC(=O)C=C)COC(=O)C=C)nc(N(COC(=O)C=C)OCCOc2ccc(C(=O)C(C)(C)O)cc2)n1. The molecule has 20 heteroatoms. The number of rotatable bonds is 25. The molecule has 0 unspecified atom stereocenters. The summed E-state index contributed by atoms with van der Waals surface area (Å²) in [5.74, 6) is -5.66. The summed E-state index contributed by atoms with van der Waals surface area (Å²) in [6.07, 6.45) is 4.37. The molecule has 20 nitrogen and oxygen atoms in total. The Morgan fingerprint density at radius 1 is 0.600 bits per heavy atom. The van der Waals surface area contributed by atoms with E-state index in [9.17, 15) is 33.9 Å². The van der Waals surface area contributed by atoms with Gasteiger partial charge in [0.25, 0.3) is 5.95 Å². The van der Waals surface area contributed by atoms with Crippen LogP contribution < -0.4 is 19.6 Å². The fourth-order valence-corrected chi connectivity index (χ4v) is 3.54. The molecule has 0 saturated carbocycles. The van der Waals surface area contributed by atoms with Crippen LogP contribution in [-0.2, 0) is 52.5 Å². The van der Waals surface area contributed by atoms with Gasteiger partial charge in [-0.15, -0.1) is 0 Å². The molecule has 0 spiro atoms. The third-order valence-electron chi connectivity index (χ3n) is 6.27. The highest BCUT2D eigenvalue weighted by atomic mass is 16.7. The molecule has 1 N–H and O–H groups in total. The van der Waals surface area contributed by atoms with Gasteiger partial charge in [0.2, 0.25) is 11.9 Å². The number of carbonyl (C=O) groups is 6. The maximum Gasteiger partial charge on any atom is 0.331 e. The van der Waals surface area contributed by atoms with Crippen LogP contribution in [0.3, 0.4) is 0 Å². The zero-order valence-electron chi connectivity index (χ0n) is 30.1. The van der Waals surface area contributed by atoms with Crippen molar-refractivity contribution < 1.29 is 67.1 Å². The summed E-state index contributed by atoms with van der Waals surface area (Å²) >= 11 is 0. The Bertz CT molecular complexity index is 1620. The van der Waals surface area contributed by atoms with E-state index in [1.807, 2.05) is 0 Å². The highest BCUT2D eigenvalue weighted by molar-refractivity contribution is 6.01. The van der Waals surface area contributed by atoms with E-state index >= 15 is 0 Å². The van der Waals surface area contributed by atoms with Crippen molar-refractivity contribution in [1.29, 1.82) is 0 Å². The number of esters is 5. The first-order chi connectivity index (χ1) is 26.1. The fourth-order valence-electron chi connectivity index (χ4n) is 3.54. The van der Waals surface area contributed by atoms with E-state index in [1.165, 1.54) is 38.1 Å². The number of Topliss-reactive ketones (excluding diaryl/α,β-unsaturated/α-hetero) is 1. The molecule has 0 amide bonds. The number of aliphatic hydroxyl groups is 1. The molecule has 0 saturated heterocycles. The highest BCUT2D eigenvalue weighted by Gasteiger charge is 2.26. The number of carbonyl (C=O) groups excluding carboxylic acids is 6. The first kappa shape index (κ1) is 44.2. The van der Waals surface area contributed by atoms with Crippen LogP contribution in [0.2, 0.25) is 0 Å². The minimum absolute atomic E-state index is 0.127. The summed E-state index contributed by atoms with van der Waals surface area (Å²) in [4.78, 5) is 93.2. The molecule has 1 aromatic carbocycles. The van der Waals surface area contributed by atoms with Gasteiger partial charge in [-0.25, -0.2) is 24.0 Å². The predicted molar refractivity (Wildman–Crippen MR) is 192 cm³/mol. The highest BCUT2D eigenvalue weighted by Crippen LogP contribution is 2.22. The van der Waals surface area contributed by atoms with Gasteiger partial charge in [-0.05, 0) is 38.1 Å². The van der Waals surface area contributed by atoms with Crippen molar-refractivity contribution in [2.45, 2.75) is 19.4 Å². The maximum absolute atomic E-state index is 12.3. The minimum Gasteiger partial charge on any atom is -0.491 e. The standard InChI is InChI=1S/C35H40N6O14/c1-8-26(42)50-19-39(20-51-27(43)9-2)32-36-33(40(21-52-28(44)10-3)22-53-29(45)11-4)38-34(37-32)41(23-54-30(46)12-5)55-18-17-49-25-15-13-24(14-16-25)31(47)35(6,7)48/h8-16,48H,1-5,17-23H2,6-7H3. The lowest BCUT2D eigenvalue weighted by Crippen LogP contribution is -2.37. The van der Waals surface area contributed by atoms with Gasteiger partial charge in [-0.1, -0.05) is 32.9 Å². The van der Waals surface area contributed by atoms with Crippen LogP contribution in [0.15, 0.2) is 87.5 Å². The molecule has 0 aliphatic heterocycles. The second-order valence-electron chi connectivity index (χ2n) is 10.8. The molecular formula is C35H40N6O14. The predicted octanol–water partition coefficient (Wildman–Crippen LogP) is 1.69.